The molecule has 0 atom stereocenters. The summed E-state index contributed by atoms with van der Waals surface area (Å²) in [4.78, 5) is 16.8. The molecule has 0 aromatic carbocycles. The number of H-pyrrole nitrogens is 1. The highest BCUT2D eigenvalue weighted by atomic mass is 16.1. The van der Waals surface area contributed by atoms with Gasteiger partial charge in [0.05, 0.1) is 0 Å². The molecule has 0 amide bonds. The summed E-state index contributed by atoms with van der Waals surface area (Å²) in [5.41, 5.74) is 4.93. The Hall–Kier alpha value is -1.56. The summed E-state index contributed by atoms with van der Waals surface area (Å²) in [6.45, 7) is 0. The molecule has 0 unspecified atom stereocenters. The third-order valence-corrected chi connectivity index (χ3v) is 1.11. The fourth-order valence-corrected chi connectivity index (χ4v) is 0.644. The molecule has 0 aliphatic carbocycles. The number of hydrogen-bond acceptors (Lipinski definition) is 5. The van der Waals surface area contributed by atoms with E-state index >= 15 is 0 Å². The molecule has 1 rings (SSSR count). The number of nitrogens with one attached hydrogen (secondary N) is 1. The van der Waals surface area contributed by atoms with Crippen LogP contribution >= 0.6 is 0 Å². The molecule has 11 heavy (non-hydrogen) atoms. The first-order valence-electron chi connectivity index (χ1n) is 2.95. The quantitative estimate of drug-likeness (QED) is 0.344. The minimum Gasteiger partial charge on any atom is -0.369 e. The van der Waals surface area contributed by atoms with Gasteiger partial charge >= 0.3 is 0 Å². The lowest BCUT2D eigenvalue weighted by Gasteiger charge is -2.09. The minimum atomic E-state index is -0.315. The molecule has 0 saturated carbocycles. The fraction of sp³-hybridized carbons (Fsp3) is 0.200. The van der Waals surface area contributed by atoms with E-state index in [-0.39, 0.29) is 11.5 Å². The van der Waals surface area contributed by atoms with E-state index in [9.17, 15) is 4.79 Å². The summed E-state index contributed by atoms with van der Waals surface area (Å²) in [5.74, 6) is 5.71. The summed E-state index contributed by atoms with van der Waals surface area (Å²) in [6, 6.07) is 1.26. The van der Waals surface area contributed by atoms with Gasteiger partial charge < -0.3 is 5.73 Å². The third-order valence-electron chi connectivity index (χ3n) is 1.11. The van der Waals surface area contributed by atoms with Crippen LogP contribution < -0.4 is 22.1 Å². The average molecular weight is 155 g/mol. The molecule has 0 radical (unpaired) electrons. The number of anilines is 2. The normalized spacial score (nSPS) is 9.64. The smallest absolute Gasteiger partial charge is 0.254 e. The second-order valence-corrected chi connectivity index (χ2v) is 2.10. The monoisotopic (exact) mass is 155 g/mol. The van der Waals surface area contributed by atoms with Gasteiger partial charge in [-0.15, -0.1) is 0 Å². The summed E-state index contributed by atoms with van der Waals surface area (Å²) >= 11 is 0. The van der Waals surface area contributed by atoms with Crippen molar-refractivity contribution in [3.05, 3.63) is 16.4 Å². The predicted octanol–water partition coefficient (Wildman–Crippen LogP) is -1.34. The van der Waals surface area contributed by atoms with Gasteiger partial charge in [-0.05, 0) is 0 Å². The number of nitrogen functional groups attached to an aromatic ring is 1. The van der Waals surface area contributed by atoms with Crippen LogP contribution in [0, 0.1) is 0 Å². The molecule has 6 heteroatoms. The molecule has 0 fully saturated rings. The Morgan fingerprint density at radius 2 is 2.36 bits per heavy atom. The molecule has 0 saturated heterocycles. The Balaban J connectivity index is 3.19. The highest BCUT2D eigenvalue weighted by molar-refractivity contribution is 5.37. The van der Waals surface area contributed by atoms with Crippen LogP contribution in [-0.4, -0.2) is 17.0 Å². The standard InChI is InChI=1S/C5H9N5O/c1-10(7)3-2-4(11)9-5(6)8-3/h2H,7H2,1H3,(H3,6,8,9,11). The third kappa shape index (κ3) is 1.68. The number of rotatable bonds is 1. The van der Waals surface area contributed by atoms with E-state index in [0.717, 1.165) is 0 Å². The zero-order chi connectivity index (χ0) is 8.43. The van der Waals surface area contributed by atoms with Crippen LogP contribution in [-0.2, 0) is 0 Å². The molecule has 0 aliphatic rings. The average Bonchev–Trinajstić information content (AvgIpc) is 1.85. The van der Waals surface area contributed by atoms with E-state index in [1.807, 2.05) is 0 Å². The molecular formula is C5H9N5O. The van der Waals surface area contributed by atoms with Crippen LogP contribution in [0.15, 0.2) is 10.9 Å². The molecule has 0 spiro atoms. The first-order valence-corrected chi connectivity index (χ1v) is 2.95. The minimum absolute atomic E-state index is 0.0600. The van der Waals surface area contributed by atoms with Crippen LogP contribution in [0.5, 0.6) is 0 Å². The topological polar surface area (TPSA) is 101 Å². The fourth-order valence-electron chi connectivity index (χ4n) is 0.644. The van der Waals surface area contributed by atoms with Gasteiger partial charge in [0, 0.05) is 13.1 Å². The second kappa shape index (κ2) is 2.59. The molecule has 6 nitrogen and oxygen atoms in total. The molecule has 1 heterocycles. The van der Waals surface area contributed by atoms with Crippen molar-refractivity contribution in [3.63, 3.8) is 0 Å². The predicted molar refractivity (Wildman–Crippen MR) is 41.9 cm³/mol. The second-order valence-electron chi connectivity index (χ2n) is 2.10. The van der Waals surface area contributed by atoms with E-state index in [1.165, 1.54) is 11.1 Å². The van der Waals surface area contributed by atoms with Crippen molar-refractivity contribution < 1.29 is 0 Å². The largest absolute Gasteiger partial charge is 0.369 e. The van der Waals surface area contributed by atoms with Crippen LogP contribution in [0.25, 0.3) is 0 Å². The van der Waals surface area contributed by atoms with E-state index in [0.29, 0.717) is 5.82 Å². The Kier molecular flexibility index (Phi) is 1.77. The van der Waals surface area contributed by atoms with Crippen molar-refractivity contribution in [1.29, 1.82) is 0 Å². The Morgan fingerprint density at radius 1 is 1.73 bits per heavy atom. The van der Waals surface area contributed by atoms with Crippen molar-refractivity contribution in [2.24, 2.45) is 5.84 Å². The number of aromatic amines is 1. The lowest BCUT2D eigenvalue weighted by atomic mass is 10.5. The summed E-state index contributed by atoms with van der Waals surface area (Å²) in [5, 5.41) is 1.21. The zero-order valence-corrected chi connectivity index (χ0v) is 6.03. The van der Waals surface area contributed by atoms with Gasteiger partial charge in [-0.2, -0.15) is 4.98 Å². The number of aromatic nitrogens is 2. The SMILES string of the molecule is CN(N)c1cc(=O)[nH]c(N)n1. The first kappa shape index (κ1) is 7.55. The molecule has 1 aromatic heterocycles. The van der Waals surface area contributed by atoms with Crippen molar-refractivity contribution in [1.82, 2.24) is 9.97 Å². The highest BCUT2D eigenvalue weighted by Crippen LogP contribution is 2.00. The Bertz CT molecular complexity index is 304. The molecule has 0 aliphatic heterocycles. The molecular weight excluding hydrogens is 146 g/mol. The van der Waals surface area contributed by atoms with Gasteiger partial charge in [-0.1, -0.05) is 0 Å². The highest BCUT2D eigenvalue weighted by Gasteiger charge is 1.98. The lowest BCUT2D eigenvalue weighted by Crippen LogP contribution is -2.28. The maximum absolute atomic E-state index is 10.8. The van der Waals surface area contributed by atoms with E-state index in [2.05, 4.69) is 9.97 Å². The zero-order valence-electron chi connectivity index (χ0n) is 6.03. The van der Waals surface area contributed by atoms with Gasteiger partial charge in [0.25, 0.3) is 5.56 Å². The molecule has 1 aromatic rings. The summed E-state index contributed by atoms with van der Waals surface area (Å²) < 4.78 is 0. The van der Waals surface area contributed by atoms with Crippen LogP contribution in [0.4, 0.5) is 11.8 Å². The number of nitrogens with two attached hydrogens (primary N) is 2. The maximum Gasteiger partial charge on any atom is 0.254 e. The van der Waals surface area contributed by atoms with Crippen LogP contribution in [0.1, 0.15) is 0 Å². The maximum atomic E-state index is 10.8. The molecule has 5 N–H and O–H groups in total. The number of nitrogens with zero attached hydrogens (tertiary/aromatic N) is 2. The first-order chi connectivity index (χ1) is 5.09. The van der Waals surface area contributed by atoms with Crippen LogP contribution in [0.2, 0.25) is 0 Å². The lowest BCUT2D eigenvalue weighted by molar-refractivity contribution is 0.960. The van der Waals surface area contributed by atoms with Gasteiger partial charge in [0.1, 0.15) is 0 Å². The number of hydrogen-bond donors (Lipinski definition) is 3. The van der Waals surface area contributed by atoms with Gasteiger partial charge in [-0.3, -0.25) is 14.8 Å². The van der Waals surface area contributed by atoms with Gasteiger partial charge in [0.2, 0.25) is 5.95 Å². The van der Waals surface area contributed by atoms with E-state index in [1.54, 1.807) is 7.05 Å². The van der Waals surface area contributed by atoms with Crippen molar-refractivity contribution in [2.45, 2.75) is 0 Å². The number of hydrazine groups is 1. The molecule has 60 valence electrons. The van der Waals surface area contributed by atoms with E-state index < -0.39 is 0 Å². The van der Waals surface area contributed by atoms with Crippen molar-refractivity contribution in [3.8, 4) is 0 Å². The van der Waals surface area contributed by atoms with Crippen LogP contribution in [0.3, 0.4) is 0 Å². The van der Waals surface area contributed by atoms with Gasteiger partial charge in [-0.25, -0.2) is 5.84 Å². The van der Waals surface area contributed by atoms with Crippen molar-refractivity contribution >= 4 is 11.8 Å². The van der Waals surface area contributed by atoms with E-state index in [4.69, 9.17) is 11.6 Å². The Labute approximate surface area is 62.8 Å². The van der Waals surface area contributed by atoms with Crippen molar-refractivity contribution in [2.75, 3.05) is 17.8 Å². The summed E-state index contributed by atoms with van der Waals surface area (Å²) in [7, 11) is 1.57. The summed E-state index contributed by atoms with van der Waals surface area (Å²) in [6.07, 6.45) is 0. The molecule has 0 bridgehead atoms. The van der Waals surface area contributed by atoms with Gasteiger partial charge in [0.15, 0.2) is 5.82 Å². The Morgan fingerprint density at radius 3 is 2.82 bits per heavy atom.